The second kappa shape index (κ2) is 8.85. The molecule has 0 unspecified atom stereocenters. The average molecular weight is 497 g/mol. The number of pyridine rings is 1. The summed E-state index contributed by atoms with van der Waals surface area (Å²) in [6.45, 7) is 3.52. The van der Waals surface area contributed by atoms with E-state index in [1.165, 1.54) is 23.0 Å². The number of amides is 2. The van der Waals surface area contributed by atoms with Crippen LogP contribution in [0, 0.1) is 0 Å². The first-order valence-corrected chi connectivity index (χ1v) is 10.5. The fraction of sp³-hybridized carbons (Fsp3) is 0.200. The minimum absolute atomic E-state index is 0.0274. The second-order valence-electron chi connectivity index (χ2n) is 7.00. The third-order valence-electron chi connectivity index (χ3n) is 4.35. The van der Waals surface area contributed by atoms with Gasteiger partial charge in [0.05, 0.1) is 15.7 Å². The quantitative estimate of drug-likeness (QED) is 0.544. The highest BCUT2D eigenvalue weighted by Gasteiger charge is 2.30. The number of ether oxygens (including phenoxy) is 2. The lowest BCUT2D eigenvalue weighted by Gasteiger charge is -2.17. The van der Waals surface area contributed by atoms with Crippen LogP contribution in [0.5, 0.6) is 11.5 Å². The maximum Gasteiger partial charge on any atom is 0.274 e. The standard InChI is InChI=1S/C20H16Cl3N5O4/c1-9(2)25-20(30)15-16(11(22)6-13-17(15)32-8-31-13)26-19(29)12-7-14(23)27-28(12)18-10(21)4-3-5-24-18/h3-7,9H,8H2,1-2H3,(H,25,30)(H,26,29). The highest BCUT2D eigenvalue weighted by atomic mass is 35.5. The molecule has 0 radical (unpaired) electrons. The fourth-order valence-corrected chi connectivity index (χ4v) is 3.69. The summed E-state index contributed by atoms with van der Waals surface area (Å²) >= 11 is 18.7. The molecule has 0 aliphatic carbocycles. The van der Waals surface area contributed by atoms with Crippen LogP contribution in [0.3, 0.4) is 0 Å². The number of rotatable bonds is 5. The smallest absolute Gasteiger partial charge is 0.274 e. The maximum atomic E-state index is 13.2. The molecule has 3 aromatic rings. The van der Waals surface area contributed by atoms with Crippen molar-refractivity contribution >= 4 is 52.3 Å². The molecule has 12 heteroatoms. The Kier molecular flexibility index (Phi) is 6.14. The van der Waals surface area contributed by atoms with Gasteiger partial charge in [0.15, 0.2) is 22.5 Å². The van der Waals surface area contributed by atoms with Crippen LogP contribution in [0.15, 0.2) is 30.5 Å². The highest BCUT2D eigenvalue weighted by molar-refractivity contribution is 6.36. The lowest BCUT2D eigenvalue weighted by atomic mass is 10.1. The minimum Gasteiger partial charge on any atom is -0.454 e. The van der Waals surface area contributed by atoms with Crippen LogP contribution < -0.4 is 20.1 Å². The maximum absolute atomic E-state index is 13.2. The van der Waals surface area contributed by atoms with Gasteiger partial charge in [-0.15, -0.1) is 0 Å². The number of carbonyl (C=O) groups is 2. The molecular weight excluding hydrogens is 481 g/mol. The van der Waals surface area contributed by atoms with Crippen molar-refractivity contribution in [2.45, 2.75) is 19.9 Å². The molecule has 0 atom stereocenters. The summed E-state index contributed by atoms with van der Waals surface area (Å²) < 4.78 is 12.0. The number of hydrogen-bond donors (Lipinski definition) is 2. The SMILES string of the molecule is CC(C)NC(=O)c1c(NC(=O)c2cc(Cl)nn2-c2ncccc2Cl)c(Cl)cc2c1OCO2. The Balaban J connectivity index is 1.77. The van der Waals surface area contributed by atoms with Crippen LogP contribution >= 0.6 is 34.8 Å². The predicted octanol–water partition coefficient (Wildman–Crippen LogP) is 4.35. The van der Waals surface area contributed by atoms with Crippen molar-refractivity contribution in [1.82, 2.24) is 20.1 Å². The van der Waals surface area contributed by atoms with Gasteiger partial charge >= 0.3 is 0 Å². The van der Waals surface area contributed by atoms with E-state index >= 15 is 0 Å². The first-order valence-electron chi connectivity index (χ1n) is 9.37. The van der Waals surface area contributed by atoms with Crippen molar-refractivity contribution in [3.05, 3.63) is 56.9 Å². The van der Waals surface area contributed by atoms with Crippen LogP contribution in [-0.2, 0) is 0 Å². The third kappa shape index (κ3) is 4.19. The largest absolute Gasteiger partial charge is 0.454 e. The Bertz CT molecular complexity index is 1230. The number of nitrogens with zero attached hydrogens (tertiary/aromatic N) is 3. The zero-order chi connectivity index (χ0) is 23.0. The predicted molar refractivity (Wildman–Crippen MR) is 120 cm³/mol. The first kappa shape index (κ1) is 22.2. The molecule has 1 aliphatic heterocycles. The Morgan fingerprint density at radius 2 is 1.91 bits per heavy atom. The van der Waals surface area contributed by atoms with Crippen LogP contribution in [0.2, 0.25) is 15.2 Å². The molecule has 3 heterocycles. The van der Waals surface area contributed by atoms with Crippen molar-refractivity contribution in [2.24, 2.45) is 0 Å². The van der Waals surface area contributed by atoms with E-state index in [9.17, 15) is 9.59 Å². The monoisotopic (exact) mass is 495 g/mol. The number of carbonyl (C=O) groups excluding carboxylic acids is 2. The molecule has 0 saturated heterocycles. The summed E-state index contributed by atoms with van der Waals surface area (Å²) in [6.07, 6.45) is 1.50. The molecular formula is C20H16Cl3N5O4. The van der Waals surface area contributed by atoms with Gasteiger partial charge in [-0.2, -0.15) is 5.10 Å². The van der Waals surface area contributed by atoms with Gasteiger partial charge in [0.2, 0.25) is 6.79 Å². The highest BCUT2D eigenvalue weighted by Crippen LogP contribution is 2.44. The summed E-state index contributed by atoms with van der Waals surface area (Å²) in [4.78, 5) is 30.3. The zero-order valence-corrected chi connectivity index (χ0v) is 19.0. The molecule has 4 rings (SSSR count). The van der Waals surface area contributed by atoms with Gasteiger partial charge in [0.1, 0.15) is 11.3 Å². The summed E-state index contributed by atoms with van der Waals surface area (Å²) in [5, 5.41) is 9.93. The zero-order valence-electron chi connectivity index (χ0n) is 16.8. The number of benzene rings is 1. The average Bonchev–Trinajstić information content (AvgIpc) is 3.34. The number of hydrogen-bond acceptors (Lipinski definition) is 6. The van der Waals surface area contributed by atoms with E-state index in [0.29, 0.717) is 5.75 Å². The van der Waals surface area contributed by atoms with Crippen LogP contribution in [0.1, 0.15) is 34.7 Å². The van der Waals surface area contributed by atoms with Gasteiger partial charge in [-0.25, -0.2) is 9.67 Å². The van der Waals surface area contributed by atoms with Crippen LogP contribution in [0.25, 0.3) is 5.82 Å². The molecule has 2 N–H and O–H groups in total. The summed E-state index contributed by atoms with van der Waals surface area (Å²) in [7, 11) is 0. The van der Waals surface area contributed by atoms with E-state index in [0.717, 1.165) is 0 Å². The van der Waals surface area contributed by atoms with E-state index in [2.05, 4.69) is 20.7 Å². The molecule has 1 aromatic carbocycles. The van der Waals surface area contributed by atoms with Gasteiger partial charge in [0.25, 0.3) is 11.8 Å². The van der Waals surface area contributed by atoms with E-state index in [1.54, 1.807) is 26.0 Å². The Hall–Kier alpha value is -3.01. The fourth-order valence-electron chi connectivity index (χ4n) is 3.07. The van der Waals surface area contributed by atoms with Gasteiger partial charge in [-0.1, -0.05) is 34.8 Å². The molecule has 0 saturated carbocycles. The molecule has 0 fully saturated rings. The van der Waals surface area contributed by atoms with E-state index in [1.807, 2.05) is 0 Å². The topological polar surface area (TPSA) is 107 Å². The Morgan fingerprint density at radius 3 is 2.62 bits per heavy atom. The second-order valence-corrected chi connectivity index (χ2v) is 8.20. The molecule has 0 bridgehead atoms. The molecule has 0 spiro atoms. The summed E-state index contributed by atoms with van der Waals surface area (Å²) in [5.74, 6) is -0.442. The lowest BCUT2D eigenvalue weighted by Crippen LogP contribution is -2.31. The third-order valence-corrected chi connectivity index (χ3v) is 5.13. The summed E-state index contributed by atoms with van der Waals surface area (Å²) in [5.41, 5.74) is 0.120. The lowest BCUT2D eigenvalue weighted by molar-refractivity contribution is 0.0939. The van der Waals surface area contributed by atoms with Crippen molar-refractivity contribution in [2.75, 3.05) is 12.1 Å². The molecule has 9 nitrogen and oxygen atoms in total. The van der Waals surface area contributed by atoms with E-state index < -0.39 is 11.8 Å². The molecule has 2 amide bonds. The number of nitrogens with one attached hydrogen (secondary N) is 2. The first-order chi connectivity index (χ1) is 15.3. The molecule has 166 valence electrons. The van der Waals surface area contributed by atoms with Gasteiger partial charge in [-0.3, -0.25) is 9.59 Å². The Morgan fingerprint density at radius 1 is 1.12 bits per heavy atom. The van der Waals surface area contributed by atoms with Crippen LogP contribution in [-0.4, -0.2) is 39.4 Å². The molecule has 32 heavy (non-hydrogen) atoms. The van der Waals surface area contributed by atoms with Gasteiger partial charge in [0, 0.05) is 24.4 Å². The number of halogens is 3. The molecule has 1 aliphatic rings. The van der Waals surface area contributed by atoms with Gasteiger partial charge < -0.3 is 20.1 Å². The van der Waals surface area contributed by atoms with Crippen molar-refractivity contribution in [3.63, 3.8) is 0 Å². The molecule has 2 aromatic heterocycles. The van der Waals surface area contributed by atoms with Crippen molar-refractivity contribution < 1.29 is 19.1 Å². The van der Waals surface area contributed by atoms with Crippen LogP contribution in [0.4, 0.5) is 5.69 Å². The van der Waals surface area contributed by atoms with E-state index in [-0.39, 0.29) is 56.5 Å². The number of aromatic nitrogens is 3. The van der Waals surface area contributed by atoms with Crippen molar-refractivity contribution in [3.8, 4) is 17.3 Å². The summed E-state index contributed by atoms with van der Waals surface area (Å²) in [6, 6.07) is 5.88. The van der Waals surface area contributed by atoms with Gasteiger partial charge in [-0.05, 0) is 26.0 Å². The minimum atomic E-state index is -0.648. The number of anilines is 1. The van der Waals surface area contributed by atoms with E-state index in [4.69, 9.17) is 44.3 Å². The number of fused-ring (bicyclic) bond motifs is 1. The normalized spacial score (nSPS) is 12.2. The van der Waals surface area contributed by atoms with Crippen molar-refractivity contribution in [1.29, 1.82) is 0 Å². The Labute approximate surface area is 197 Å².